The quantitative estimate of drug-likeness (QED) is 0.570. The van der Waals surface area contributed by atoms with Crippen LogP contribution in [0.1, 0.15) is 20.8 Å². The molecular formula is C18H15N3O5S2. The average Bonchev–Trinajstić information content (AvgIpc) is 3.36. The molecule has 8 nitrogen and oxygen atoms in total. The highest BCUT2D eigenvalue weighted by molar-refractivity contribution is 7.14. The summed E-state index contributed by atoms with van der Waals surface area (Å²) in [5, 5.41) is 6.63. The molecule has 0 atom stereocenters. The van der Waals surface area contributed by atoms with Crippen LogP contribution in [0.3, 0.4) is 0 Å². The van der Waals surface area contributed by atoms with Gasteiger partial charge >= 0.3 is 5.97 Å². The first-order valence-corrected chi connectivity index (χ1v) is 9.68. The Balaban J connectivity index is 1.57. The Bertz CT molecular complexity index is 1010. The number of carbonyl (C=O) groups excluding carboxylic acids is 3. The van der Waals surface area contributed by atoms with E-state index >= 15 is 0 Å². The number of rotatable bonds is 7. The number of amides is 2. The van der Waals surface area contributed by atoms with E-state index in [0.717, 1.165) is 22.6 Å². The molecule has 0 unspecified atom stereocenters. The van der Waals surface area contributed by atoms with Gasteiger partial charge in [0, 0.05) is 10.9 Å². The maximum Gasteiger partial charge on any atom is 0.358 e. The summed E-state index contributed by atoms with van der Waals surface area (Å²) in [6, 6.07) is 8.76. The Kier molecular flexibility index (Phi) is 6.02. The minimum absolute atomic E-state index is 0.109. The van der Waals surface area contributed by atoms with Crippen LogP contribution in [0.2, 0.25) is 0 Å². The predicted octanol–water partition coefficient (Wildman–Crippen LogP) is 2.77. The van der Waals surface area contributed by atoms with Gasteiger partial charge in [-0.1, -0.05) is 0 Å². The highest BCUT2D eigenvalue weighted by Crippen LogP contribution is 2.26. The number of thiazole rings is 1. The van der Waals surface area contributed by atoms with Gasteiger partial charge in [-0.3, -0.25) is 9.59 Å². The fraction of sp³-hybridized carbons (Fsp3) is 0.111. The lowest BCUT2D eigenvalue weighted by atomic mass is 10.2. The van der Waals surface area contributed by atoms with Crippen molar-refractivity contribution < 1.29 is 23.9 Å². The summed E-state index contributed by atoms with van der Waals surface area (Å²) < 4.78 is 10.1. The largest absolute Gasteiger partial charge is 0.497 e. The Morgan fingerprint density at radius 1 is 1.14 bits per heavy atom. The zero-order valence-electron chi connectivity index (χ0n) is 14.6. The molecule has 3 rings (SSSR count). The maximum atomic E-state index is 12.1. The van der Waals surface area contributed by atoms with Crippen molar-refractivity contribution in [2.24, 2.45) is 5.73 Å². The first-order chi connectivity index (χ1) is 13.5. The third-order valence-electron chi connectivity index (χ3n) is 3.57. The van der Waals surface area contributed by atoms with Gasteiger partial charge in [0.25, 0.3) is 11.8 Å². The minimum atomic E-state index is -0.715. The van der Waals surface area contributed by atoms with E-state index in [1.807, 2.05) is 12.1 Å². The number of thiophene rings is 1. The summed E-state index contributed by atoms with van der Waals surface area (Å²) in [5.74, 6) is -1.23. The van der Waals surface area contributed by atoms with Gasteiger partial charge in [0.2, 0.25) is 0 Å². The van der Waals surface area contributed by atoms with Crippen LogP contribution in [-0.2, 0) is 9.53 Å². The van der Waals surface area contributed by atoms with Crippen LogP contribution in [0.15, 0.2) is 41.1 Å². The molecule has 0 saturated carbocycles. The Morgan fingerprint density at radius 3 is 2.57 bits per heavy atom. The molecular weight excluding hydrogens is 402 g/mol. The second kappa shape index (κ2) is 8.63. The standard InChI is InChI=1S/C18H15N3O5S2/c1-25-11-4-2-10(3-5-11)16-20-13(9-28-16)18(24)26-8-14(22)21-17-12(15(19)23)6-7-27-17/h2-7,9H,8H2,1H3,(H2,19,23)(H,21,22). The smallest absolute Gasteiger partial charge is 0.358 e. The molecule has 0 radical (unpaired) electrons. The molecule has 0 spiro atoms. The summed E-state index contributed by atoms with van der Waals surface area (Å²) in [6.07, 6.45) is 0. The molecule has 0 aliphatic rings. The number of hydrogen-bond acceptors (Lipinski definition) is 8. The number of benzene rings is 1. The van der Waals surface area contributed by atoms with Gasteiger partial charge in [0.15, 0.2) is 12.3 Å². The first-order valence-electron chi connectivity index (χ1n) is 7.92. The van der Waals surface area contributed by atoms with Gasteiger partial charge in [-0.25, -0.2) is 9.78 Å². The van der Waals surface area contributed by atoms with Crippen molar-refractivity contribution in [3.63, 3.8) is 0 Å². The molecule has 2 heterocycles. The molecule has 10 heteroatoms. The van der Waals surface area contributed by atoms with E-state index in [9.17, 15) is 14.4 Å². The molecule has 3 aromatic rings. The molecule has 144 valence electrons. The van der Waals surface area contributed by atoms with Crippen LogP contribution in [-0.4, -0.2) is 36.5 Å². The second-order valence-electron chi connectivity index (χ2n) is 5.42. The van der Waals surface area contributed by atoms with Crippen LogP contribution in [0.5, 0.6) is 5.75 Å². The van der Waals surface area contributed by atoms with Crippen molar-refractivity contribution in [3.05, 3.63) is 52.3 Å². The van der Waals surface area contributed by atoms with Crippen molar-refractivity contribution in [2.45, 2.75) is 0 Å². The van der Waals surface area contributed by atoms with E-state index < -0.39 is 24.4 Å². The number of primary amides is 1. The zero-order chi connectivity index (χ0) is 20.1. The normalized spacial score (nSPS) is 10.3. The number of carbonyl (C=O) groups is 3. The number of hydrogen-bond donors (Lipinski definition) is 2. The van der Waals surface area contributed by atoms with Crippen molar-refractivity contribution in [3.8, 4) is 16.3 Å². The lowest BCUT2D eigenvalue weighted by molar-refractivity contribution is -0.119. The molecule has 28 heavy (non-hydrogen) atoms. The molecule has 2 aromatic heterocycles. The van der Waals surface area contributed by atoms with E-state index in [4.69, 9.17) is 15.2 Å². The van der Waals surface area contributed by atoms with Crippen molar-refractivity contribution in [2.75, 3.05) is 19.0 Å². The predicted molar refractivity (Wildman–Crippen MR) is 106 cm³/mol. The van der Waals surface area contributed by atoms with Gasteiger partial charge in [-0.2, -0.15) is 0 Å². The molecule has 0 fully saturated rings. The lowest BCUT2D eigenvalue weighted by Crippen LogP contribution is -2.22. The molecule has 1 aromatic carbocycles. The van der Waals surface area contributed by atoms with E-state index in [1.165, 1.54) is 17.4 Å². The first kappa shape index (κ1) is 19.5. The number of esters is 1. The van der Waals surface area contributed by atoms with Crippen LogP contribution >= 0.6 is 22.7 Å². The fourth-order valence-corrected chi connectivity index (χ4v) is 3.81. The second-order valence-corrected chi connectivity index (χ2v) is 7.19. The van der Waals surface area contributed by atoms with Crippen LogP contribution in [0, 0.1) is 0 Å². The number of aromatic nitrogens is 1. The van der Waals surface area contributed by atoms with Crippen LogP contribution in [0.4, 0.5) is 5.00 Å². The van der Waals surface area contributed by atoms with E-state index in [2.05, 4.69) is 10.3 Å². The molecule has 0 bridgehead atoms. The summed E-state index contributed by atoms with van der Waals surface area (Å²) in [4.78, 5) is 39.6. The lowest BCUT2D eigenvalue weighted by Gasteiger charge is -2.05. The van der Waals surface area contributed by atoms with Gasteiger partial charge < -0.3 is 20.5 Å². The molecule has 0 aliphatic carbocycles. The maximum absolute atomic E-state index is 12.1. The van der Waals surface area contributed by atoms with Gasteiger partial charge in [0.05, 0.1) is 12.7 Å². The van der Waals surface area contributed by atoms with Crippen LogP contribution in [0.25, 0.3) is 10.6 Å². The fourth-order valence-electron chi connectivity index (χ4n) is 2.20. The minimum Gasteiger partial charge on any atom is -0.497 e. The number of methoxy groups -OCH3 is 1. The highest BCUT2D eigenvalue weighted by atomic mass is 32.1. The van der Waals surface area contributed by atoms with Crippen molar-refractivity contribution >= 4 is 45.5 Å². The summed E-state index contributed by atoms with van der Waals surface area (Å²) in [7, 11) is 1.58. The van der Waals surface area contributed by atoms with Crippen molar-refractivity contribution in [1.82, 2.24) is 4.98 Å². The summed E-state index contributed by atoms with van der Waals surface area (Å²) >= 11 is 2.43. The monoisotopic (exact) mass is 417 g/mol. The number of nitrogens with two attached hydrogens (primary N) is 1. The van der Waals surface area contributed by atoms with Crippen molar-refractivity contribution in [1.29, 1.82) is 0 Å². The van der Waals surface area contributed by atoms with Gasteiger partial charge in [0.1, 0.15) is 15.8 Å². The number of nitrogens with one attached hydrogen (secondary N) is 1. The van der Waals surface area contributed by atoms with E-state index in [1.54, 1.807) is 30.0 Å². The number of anilines is 1. The van der Waals surface area contributed by atoms with Crippen LogP contribution < -0.4 is 15.8 Å². The topological polar surface area (TPSA) is 121 Å². The Morgan fingerprint density at radius 2 is 1.89 bits per heavy atom. The molecule has 0 saturated heterocycles. The third kappa shape index (κ3) is 4.53. The highest BCUT2D eigenvalue weighted by Gasteiger charge is 2.17. The van der Waals surface area contributed by atoms with Gasteiger partial charge in [-0.15, -0.1) is 22.7 Å². The number of ether oxygens (including phenoxy) is 2. The average molecular weight is 417 g/mol. The summed E-state index contributed by atoms with van der Waals surface area (Å²) in [6.45, 7) is -0.510. The number of nitrogens with zero attached hydrogens (tertiary/aromatic N) is 1. The Labute approximate surface area is 167 Å². The Hall–Kier alpha value is -3.24. The SMILES string of the molecule is COc1ccc(-c2nc(C(=O)OCC(=O)Nc3sccc3C(N)=O)cs2)cc1. The zero-order valence-corrected chi connectivity index (χ0v) is 16.3. The molecule has 2 amide bonds. The third-order valence-corrected chi connectivity index (χ3v) is 5.29. The van der Waals surface area contributed by atoms with E-state index in [0.29, 0.717) is 10.0 Å². The van der Waals surface area contributed by atoms with Gasteiger partial charge in [-0.05, 0) is 35.7 Å². The summed E-state index contributed by atoms with van der Waals surface area (Å²) in [5.41, 5.74) is 6.36. The molecule has 0 aliphatic heterocycles. The van der Waals surface area contributed by atoms with E-state index in [-0.39, 0.29) is 11.3 Å². The molecule has 3 N–H and O–H groups in total.